The number of rotatable bonds is 4. The van der Waals surface area contributed by atoms with E-state index in [9.17, 15) is 9.90 Å². The molecule has 0 aromatic carbocycles. The summed E-state index contributed by atoms with van der Waals surface area (Å²) in [5.74, 6) is 0.457. The predicted octanol–water partition coefficient (Wildman–Crippen LogP) is 2.48. The molecule has 2 aliphatic carbocycles. The van der Waals surface area contributed by atoms with Crippen molar-refractivity contribution < 1.29 is 15.0 Å². The molecular formula is C18H33NO3. The largest absolute Gasteiger partial charge is 0.395 e. The molecule has 2 aliphatic rings. The van der Waals surface area contributed by atoms with Crippen LogP contribution in [0.2, 0.25) is 0 Å². The van der Waals surface area contributed by atoms with Gasteiger partial charge in [0.2, 0.25) is 5.91 Å². The van der Waals surface area contributed by atoms with E-state index in [-0.39, 0.29) is 29.3 Å². The van der Waals surface area contributed by atoms with E-state index in [0.717, 1.165) is 12.8 Å². The molecule has 0 bridgehead atoms. The van der Waals surface area contributed by atoms with Gasteiger partial charge in [0.15, 0.2) is 0 Å². The van der Waals surface area contributed by atoms with Gasteiger partial charge in [0.1, 0.15) is 0 Å². The van der Waals surface area contributed by atoms with Gasteiger partial charge in [-0.05, 0) is 55.3 Å². The van der Waals surface area contributed by atoms with E-state index in [1.165, 1.54) is 19.3 Å². The van der Waals surface area contributed by atoms with Gasteiger partial charge in [-0.25, -0.2) is 0 Å². The Bertz CT molecular complexity index is 419. The van der Waals surface area contributed by atoms with E-state index in [0.29, 0.717) is 18.9 Å². The Morgan fingerprint density at radius 1 is 1.18 bits per heavy atom. The molecule has 0 heterocycles. The number of fused-ring (bicyclic) bond motifs is 1. The monoisotopic (exact) mass is 311 g/mol. The summed E-state index contributed by atoms with van der Waals surface area (Å²) in [6, 6.07) is 0. The molecular weight excluding hydrogens is 278 g/mol. The minimum Gasteiger partial charge on any atom is -0.395 e. The highest BCUT2D eigenvalue weighted by Crippen LogP contribution is 2.61. The minimum atomic E-state index is -0.782. The van der Waals surface area contributed by atoms with Gasteiger partial charge in [0.05, 0.1) is 12.2 Å². The zero-order chi connectivity index (χ0) is 16.6. The first-order valence-corrected chi connectivity index (χ1v) is 8.71. The minimum absolute atomic E-state index is 0.00124. The van der Waals surface area contributed by atoms with Crippen LogP contribution < -0.4 is 5.32 Å². The van der Waals surface area contributed by atoms with E-state index >= 15 is 0 Å². The maximum atomic E-state index is 12.0. The Labute approximate surface area is 134 Å². The normalized spacial score (nSPS) is 40.8. The molecule has 0 aromatic heterocycles. The summed E-state index contributed by atoms with van der Waals surface area (Å²) in [6.07, 6.45) is 5.73. The van der Waals surface area contributed by atoms with Gasteiger partial charge in [-0.15, -0.1) is 0 Å². The summed E-state index contributed by atoms with van der Waals surface area (Å²) < 4.78 is 0. The molecule has 4 nitrogen and oxygen atoms in total. The number of hydrogen-bond acceptors (Lipinski definition) is 3. The van der Waals surface area contributed by atoms with Gasteiger partial charge in [0.25, 0.3) is 0 Å². The molecule has 1 amide bonds. The third kappa shape index (κ3) is 3.48. The molecule has 0 spiro atoms. The number of aliphatic hydroxyl groups excluding tert-OH is 1. The van der Waals surface area contributed by atoms with Crippen LogP contribution in [0.3, 0.4) is 0 Å². The highest BCUT2D eigenvalue weighted by molar-refractivity contribution is 5.76. The van der Waals surface area contributed by atoms with Gasteiger partial charge >= 0.3 is 0 Å². The molecule has 2 saturated carbocycles. The Hall–Kier alpha value is -0.610. The molecule has 0 saturated heterocycles. The van der Waals surface area contributed by atoms with Crippen molar-refractivity contribution in [2.45, 2.75) is 71.8 Å². The molecule has 3 N–H and O–H groups in total. The fourth-order valence-corrected chi connectivity index (χ4v) is 5.15. The third-order valence-electron chi connectivity index (χ3n) is 6.43. The zero-order valence-corrected chi connectivity index (χ0v) is 14.6. The summed E-state index contributed by atoms with van der Waals surface area (Å²) >= 11 is 0. The van der Waals surface area contributed by atoms with Crippen molar-refractivity contribution in [3.63, 3.8) is 0 Å². The van der Waals surface area contributed by atoms with Crippen LogP contribution in [0.4, 0.5) is 0 Å². The van der Waals surface area contributed by atoms with Crippen LogP contribution in [0, 0.1) is 22.7 Å². The second-order valence-electron chi connectivity index (χ2n) is 8.79. The van der Waals surface area contributed by atoms with Crippen LogP contribution in [0.25, 0.3) is 0 Å². The zero-order valence-electron chi connectivity index (χ0n) is 14.6. The van der Waals surface area contributed by atoms with Crippen molar-refractivity contribution >= 4 is 5.91 Å². The van der Waals surface area contributed by atoms with Gasteiger partial charge in [-0.3, -0.25) is 4.79 Å². The Morgan fingerprint density at radius 2 is 1.86 bits per heavy atom. The molecule has 2 fully saturated rings. The summed E-state index contributed by atoms with van der Waals surface area (Å²) in [5.41, 5.74) is -0.289. The van der Waals surface area contributed by atoms with E-state index in [2.05, 4.69) is 26.1 Å². The summed E-state index contributed by atoms with van der Waals surface area (Å²) in [6.45, 7) is 9.17. The van der Waals surface area contributed by atoms with Crippen LogP contribution in [-0.2, 0) is 4.79 Å². The van der Waals surface area contributed by atoms with Crippen molar-refractivity contribution in [2.24, 2.45) is 22.7 Å². The summed E-state index contributed by atoms with van der Waals surface area (Å²) in [5, 5.41) is 22.5. The lowest BCUT2D eigenvalue weighted by Gasteiger charge is -2.59. The number of nitrogens with one attached hydrogen (secondary N) is 1. The first kappa shape index (κ1) is 17.7. The van der Waals surface area contributed by atoms with Gasteiger partial charge in [0, 0.05) is 13.0 Å². The molecule has 0 aromatic rings. The maximum absolute atomic E-state index is 12.0. The Morgan fingerprint density at radius 3 is 2.50 bits per heavy atom. The lowest BCUT2D eigenvalue weighted by molar-refractivity contribution is -0.154. The molecule has 4 atom stereocenters. The van der Waals surface area contributed by atoms with E-state index in [4.69, 9.17) is 5.11 Å². The van der Waals surface area contributed by atoms with Crippen molar-refractivity contribution in [1.82, 2.24) is 5.32 Å². The van der Waals surface area contributed by atoms with Crippen molar-refractivity contribution in [1.29, 1.82) is 0 Å². The molecule has 22 heavy (non-hydrogen) atoms. The average molecular weight is 311 g/mol. The SMILES string of the molecule is CC1(C)CCC[C@]2(C)C[C@H](CC(=O)NCCO)[C@@](C)(O)C[C@@H]12. The van der Waals surface area contributed by atoms with Crippen LogP contribution in [0.1, 0.15) is 66.2 Å². The molecule has 0 unspecified atom stereocenters. The first-order chi connectivity index (χ1) is 10.1. The lowest BCUT2D eigenvalue weighted by atomic mass is 9.47. The third-order valence-corrected chi connectivity index (χ3v) is 6.43. The van der Waals surface area contributed by atoms with E-state index in [1.54, 1.807) is 0 Å². The van der Waals surface area contributed by atoms with E-state index < -0.39 is 5.60 Å². The molecule has 0 aliphatic heterocycles. The van der Waals surface area contributed by atoms with E-state index in [1.807, 2.05) is 6.92 Å². The summed E-state index contributed by atoms with van der Waals surface area (Å²) in [4.78, 5) is 12.0. The molecule has 128 valence electrons. The molecule has 0 radical (unpaired) electrons. The molecule has 2 rings (SSSR count). The van der Waals surface area contributed by atoms with Crippen LogP contribution in [0.5, 0.6) is 0 Å². The number of hydrogen-bond donors (Lipinski definition) is 3. The highest BCUT2D eigenvalue weighted by Gasteiger charge is 2.55. The van der Waals surface area contributed by atoms with Crippen LogP contribution in [0.15, 0.2) is 0 Å². The average Bonchev–Trinajstić information content (AvgIpc) is 2.39. The maximum Gasteiger partial charge on any atom is 0.220 e. The lowest BCUT2D eigenvalue weighted by Crippen LogP contribution is -2.55. The van der Waals surface area contributed by atoms with Gasteiger partial charge < -0.3 is 15.5 Å². The standard InChI is InChI=1S/C18H33NO3/c1-16(2)6-5-7-17(3)11-13(10-15(21)19-8-9-20)18(4,22)12-14(16)17/h13-14,20,22H,5-12H2,1-4H3,(H,19,21)/t13-,14-,17+,18-/m0/s1. The molecule has 4 heteroatoms. The number of amides is 1. The second-order valence-corrected chi connectivity index (χ2v) is 8.79. The number of carbonyl (C=O) groups is 1. The van der Waals surface area contributed by atoms with Crippen molar-refractivity contribution in [3.05, 3.63) is 0 Å². The number of aliphatic hydroxyl groups is 2. The van der Waals surface area contributed by atoms with Crippen LogP contribution in [-0.4, -0.2) is 34.9 Å². The number of carbonyl (C=O) groups excluding carboxylic acids is 1. The highest BCUT2D eigenvalue weighted by atomic mass is 16.3. The quantitative estimate of drug-likeness (QED) is 0.747. The van der Waals surface area contributed by atoms with Crippen molar-refractivity contribution in [2.75, 3.05) is 13.2 Å². The summed E-state index contributed by atoms with van der Waals surface area (Å²) in [7, 11) is 0. The Kier molecular flexibility index (Phi) is 4.94. The fraction of sp³-hybridized carbons (Fsp3) is 0.944. The van der Waals surface area contributed by atoms with Gasteiger partial charge in [-0.1, -0.05) is 27.2 Å². The van der Waals surface area contributed by atoms with Crippen molar-refractivity contribution in [3.8, 4) is 0 Å². The first-order valence-electron chi connectivity index (χ1n) is 8.71. The topological polar surface area (TPSA) is 69.6 Å². The smallest absolute Gasteiger partial charge is 0.220 e. The Balaban J connectivity index is 2.13. The second kappa shape index (κ2) is 6.12. The predicted molar refractivity (Wildman–Crippen MR) is 87.3 cm³/mol. The fourth-order valence-electron chi connectivity index (χ4n) is 5.15. The van der Waals surface area contributed by atoms with Gasteiger partial charge in [-0.2, -0.15) is 0 Å². The van der Waals surface area contributed by atoms with Crippen LogP contribution >= 0.6 is 0 Å².